The number of imidazole rings is 1. The van der Waals surface area contributed by atoms with Crippen LogP contribution in [0.5, 0.6) is 0 Å². The fraction of sp³-hybridized carbons (Fsp3) is 0.227. The topological polar surface area (TPSA) is 51.0 Å². The monoisotopic (exact) mass is 424 g/mol. The van der Waals surface area contributed by atoms with Crippen molar-refractivity contribution in [1.29, 1.82) is 0 Å². The van der Waals surface area contributed by atoms with Crippen LogP contribution in [0.2, 0.25) is 5.02 Å². The molecule has 0 aliphatic heterocycles. The molecule has 2 aromatic heterocycles. The molecule has 0 aliphatic rings. The number of nitrogens with zero attached hydrogens (tertiary/aromatic N) is 4. The van der Waals surface area contributed by atoms with Gasteiger partial charge in [0.2, 0.25) is 0 Å². The molecule has 4 aromatic rings. The first-order valence-corrected chi connectivity index (χ1v) is 10.8. The molecular weight excluding hydrogens is 404 g/mol. The molecule has 0 N–H and O–H groups in total. The van der Waals surface area contributed by atoms with E-state index in [0.717, 1.165) is 34.7 Å². The predicted molar refractivity (Wildman–Crippen MR) is 119 cm³/mol. The SMILES string of the molecule is CCc1cccc2sc(N(CCCn3ccnc3)C(=O)c3cccc(Cl)c3)nc12. The molecule has 0 aliphatic carbocycles. The second-order valence-corrected chi connectivity index (χ2v) is 8.18. The number of anilines is 1. The lowest BCUT2D eigenvalue weighted by atomic mass is 10.1. The van der Waals surface area contributed by atoms with Crippen LogP contribution in [0.3, 0.4) is 0 Å². The molecule has 4 rings (SSSR count). The van der Waals surface area contributed by atoms with E-state index in [2.05, 4.69) is 24.0 Å². The lowest BCUT2D eigenvalue weighted by Gasteiger charge is -2.20. The van der Waals surface area contributed by atoms with Gasteiger partial charge in [-0.15, -0.1) is 0 Å². The molecule has 1 amide bonds. The fourth-order valence-electron chi connectivity index (χ4n) is 3.29. The Bertz CT molecular complexity index is 1120. The minimum atomic E-state index is -0.0877. The van der Waals surface area contributed by atoms with Gasteiger partial charge in [0.1, 0.15) is 0 Å². The summed E-state index contributed by atoms with van der Waals surface area (Å²) in [5, 5.41) is 1.27. The first kappa shape index (κ1) is 19.6. The molecule has 0 saturated heterocycles. The van der Waals surface area contributed by atoms with Crippen LogP contribution in [0.1, 0.15) is 29.3 Å². The largest absolute Gasteiger partial charge is 0.337 e. The molecule has 0 atom stereocenters. The highest BCUT2D eigenvalue weighted by molar-refractivity contribution is 7.22. The summed E-state index contributed by atoms with van der Waals surface area (Å²) in [5.74, 6) is -0.0877. The number of halogens is 1. The zero-order valence-corrected chi connectivity index (χ0v) is 17.7. The molecule has 0 bridgehead atoms. The number of aromatic nitrogens is 3. The fourth-order valence-corrected chi connectivity index (χ4v) is 4.51. The highest BCUT2D eigenvalue weighted by Gasteiger charge is 2.22. The van der Waals surface area contributed by atoms with Crippen LogP contribution in [0, 0.1) is 0 Å². The maximum absolute atomic E-state index is 13.3. The van der Waals surface area contributed by atoms with E-state index < -0.39 is 0 Å². The van der Waals surface area contributed by atoms with E-state index in [1.807, 2.05) is 16.8 Å². The van der Waals surface area contributed by atoms with E-state index in [1.165, 1.54) is 5.56 Å². The third-order valence-electron chi connectivity index (χ3n) is 4.78. The second-order valence-electron chi connectivity index (χ2n) is 6.74. The summed E-state index contributed by atoms with van der Waals surface area (Å²) < 4.78 is 3.10. The van der Waals surface area contributed by atoms with Gasteiger partial charge in [-0.3, -0.25) is 9.69 Å². The van der Waals surface area contributed by atoms with Gasteiger partial charge < -0.3 is 4.57 Å². The number of hydrogen-bond donors (Lipinski definition) is 0. The first-order chi connectivity index (χ1) is 14.2. The predicted octanol–water partition coefficient (Wildman–Crippen LogP) is 5.45. The van der Waals surface area contributed by atoms with Gasteiger partial charge in [-0.05, 0) is 42.7 Å². The van der Waals surface area contributed by atoms with Gasteiger partial charge in [-0.25, -0.2) is 9.97 Å². The number of amides is 1. The van der Waals surface area contributed by atoms with Crippen LogP contribution < -0.4 is 4.90 Å². The van der Waals surface area contributed by atoms with Crippen molar-refractivity contribution in [2.24, 2.45) is 0 Å². The van der Waals surface area contributed by atoms with Crippen LogP contribution >= 0.6 is 22.9 Å². The minimum absolute atomic E-state index is 0.0877. The third-order valence-corrected chi connectivity index (χ3v) is 6.06. The Balaban J connectivity index is 1.66. The number of carbonyl (C=O) groups is 1. The van der Waals surface area contributed by atoms with E-state index in [9.17, 15) is 4.79 Å². The van der Waals surface area contributed by atoms with Crippen molar-refractivity contribution < 1.29 is 4.79 Å². The molecule has 0 saturated carbocycles. The van der Waals surface area contributed by atoms with E-state index in [4.69, 9.17) is 16.6 Å². The van der Waals surface area contributed by atoms with Crippen molar-refractivity contribution in [2.45, 2.75) is 26.3 Å². The lowest BCUT2D eigenvalue weighted by molar-refractivity contribution is 0.0986. The summed E-state index contributed by atoms with van der Waals surface area (Å²) in [4.78, 5) is 24.0. The van der Waals surface area contributed by atoms with Gasteiger partial charge >= 0.3 is 0 Å². The van der Waals surface area contributed by atoms with Crippen LogP contribution in [-0.4, -0.2) is 27.0 Å². The van der Waals surface area contributed by atoms with E-state index in [0.29, 0.717) is 17.1 Å². The summed E-state index contributed by atoms with van der Waals surface area (Å²) in [6, 6.07) is 13.3. The van der Waals surface area contributed by atoms with E-state index in [-0.39, 0.29) is 5.91 Å². The zero-order chi connectivity index (χ0) is 20.2. The number of hydrogen-bond acceptors (Lipinski definition) is 4. The van der Waals surface area contributed by atoms with Crippen molar-refractivity contribution in [3.8, 4) is 0 Å². The average molecular weight is 425 g/mol. The molecule has 2 aromatic carbocycles. The van der Waals surface area contributed by atoms with Crippen LogP contribution in [0.15, 0.2) is 61.2 Å². The van der Waals surface area contributed by atoms with Crippen molar-refractivity contribution in [1.82, 2.24) is 14.5 Å². The number of thiazole rings is 1. The van der Waals surface area contributed by atoms with Gasteiger partial charge in [-0.2, -0.15) is 0 Å². The van der Waals surface area contributed by atoms with Gasteiger partial charge in [0.05, 0.1) is 16.5 Å². The lowest BCUT2D eigenvalue weighted by Crippen LogP contribution is -2.32. The van der Waals surface area contributed by atoms with Gasteiger partial charge in [0.25, 0.3) is 5.91 Å². The second kappa shape index (κ2) is 8.76. The maximum Gasteiger partial charge on any atom is 0.260 e. The van der Waals surface area contributed by atoms with Gasteiger partial charge in [-0.1, -0.05) is 48.1 Å². The Morgan fingerprint density at radius 2 is 2.10 bits per heavy atom. The standard InChI is InChI=1S/C22H21ClN4OS/c1-2-16-6-4-9-19-20(16)25-22(29-19)27(12-5-11-26-13-10-24-15-26)21(28)17-7-3-8-18(23)14-17/h3-4,6-10,13-15H,2,5,11-12H2,1H3. The zero-order valence-electron chi connectivity index (χ0n) is 16.1. The number of benzene rings is 2. The van der Waals surface area contributed by atoms with Crippen molar-refractivity contribution in [2.75, 3.05) is 11.4 Å². The third kappa shape index (κ3) is 4.33. The molecule has 0 radical (unpaired) electrons. The number of aryl methyl sites for hydroxylation is 2. The Hall–Kier alpha value is -2.70. The van der Waals surface area contributed by atoms with Crippen LogP contribution in [0.25, 0.3) is 10.2 Å². The summed E-state index contributed by atoms with van der Waals surface area (Å²) >= 11 is 7.67. The molecule has 0 unspecified atom stereocenters. The van der Waals surface area contributed by atoms with Crippen LogP contribution in [-0.2, 0) is 13.0 Å². The minimum Gasteiger partial charge on any atom is -0.337 e. The Morgan fingerprint density at radius 3 is 2.86 bits per heavy atom. The number of para-hydroxylation sites is 1. The van der Waals surface area contributed by atoms with Gasteiger partial charge in [0, 0.05) is 36.1 Å². The summed E-state index contributed by atoms with van der Waals surface area (Å²) in [6.45, 7) is 3.46. The Kier molecular flexibility index (Phi) is 5.92. The molecule has 0 fully saturated rings. The molecule has 5 nitrogen and oxygen atoms in total. The number of rotatable bonds is 7. The first-order valence-electron chi connectivity index (χ1n) is 9.57. The van der Waals surface area contributed by atoms with Gasteiger partial charge in [0.15, 0.2) is 5.13 Å². The van der Waals surface area contributed by atoms with E-state index >= 15 is 0 Å². The average Bonchev–Trinajstić information content (AvgIpc) is 3.40. The quantitative estimate of drug-likeness (QED) is 0.396. The molecule has 2 heterocycles. The highest BCUT2D eigenvalue weighted by Crippen LogP contribution is 2.32. The highest BCUT2D eigenvalue weighted by atomic mass is 35.5. The molecule has 0 spiro atoms. The van der Waals surface area contributed by atoms with Crippen molar-refractivity contribution in [3.63, 3.8) is 0 Å². The molecule has 7 heteroatoms. The van der Waals surface area contributed by atoms with Crippen molar-refractivity contribution >= 4 is 44.2 Å². The molecule has 29 heavy (non-hydrogen) atoms. The summed E-state index contributed by atoms with van der Waals surface area (Å²) in [6.07, 6.45) is 7.17. The van der Waals surface area contributed by atoms with Crippen molar-refractivity contribution in [3.05, 3.63) is 77.3 Å². The Labute approximate surface area is 178 Å². The molecule has 148 valence electrons. The molecular formula is C22H21ClN4OS. The maximum atomic E-state index is 13.3. The number of fused-ring (bicyclic) bond motifs is 1. The number of carbonyl (C=O) groups excluding carboxylic acids is 1. The normalized spacial score (nSPS) is 11.1. The smallest absolute Gasteiger partial charge is 0.260 e. The summed E-state index contributed by atoms with van der Waals surface area (Å²) in [5.41, 5.74) is 2.74. The van der Waals surface area contributed by atoms with Crippen LogP contribution in [0.4, 0.5) is 5.13 Å². The Morgan fingerprint density at radius 1 is 1.24 bits per heavy atom. The summed E-state index contributed by atoms with van der Waals surface area (Å²) in [7, 11) is 0. The van der Waals surface area contributed by atoms with E-state index in [1.54, 1.807) is 53.0 Å².